The highest BCUT2D eigenvalue weighted by atomic mass is 16.5. The van der Waals surface area contributed by atoms with Gasteiger partial charge in [0.2, 0.25) is 0 Å². The zero-order valence-electron chi connectivity index (χ0n) is 11.1. The van der Waals surface area contributed by atoms with Crippen LogP contribution in [-0.4, -0.2) is 26.9 Å². The van der Waals surface area contributed by atoms with Gasteiger partial charge in [-0.25, -0.2) is 0 Å². The van der Waals surface area contributed by atoms with Gasteiger partial charge in [-0.3, -0.25) is 0 Å². The van der Waals surface area contributed by atoms with Gasteiger partial charge in [-0.05, 0) is 31.4 Å². The van der Waals surface area contributed by atoms with Crippen molar-refractivity contribution in [3.05, 3.63) is 29.3 Å². The van der Waals surface area contributed by atoms with Crippen molar-refractivity contribution in [2.75, 3.05) is 20.8 Å². The highest BCUT2D eigenvalue weighted by Crippen LogP contribution is 2.43. The lowest BCUT2D eigenvalue weighted by atomic mass is 9.95. The van der Waals surface area contributed by atoms with E-state index in [1.165, 1.54) is 24.0 Å². The van der Waals surface area contributed by atoms with Crippen LogP contribution in [0.25, 0.3) is 0 Å². The fourth-order valence-electron chi connectivity index (χ4n) is 3.01. The molecule has 3 nitrogen and oxygen atoms in total. The Kier molecular flexibility index (Phi) is 3.27. The molecule has 0 bridgehead atoms. The minimum absolute atomic E-state index is 0.232. The normalized spacial score (nSPS) is 21.2. The molecule has 1 aromatic carbocycles. The molecule has 1 aromatic rings. The van der Waals surface area contributed by atoms with E-state index < -0.39 is 0 Å². The molecule has 2 atom stereocenters. The summed E-state index contributed by atoms with van der Waals surface area (Å²) in [5, 5.41) is 3.42. The molecule has 2 aliphatic rings. The molecule has 18 heavy (non-hydrogen) atoms. The molecule has 1 aliphatic heterocycles. The molecule has 1 saturated carbocycles. The first-order chi connectivity index (χ1) is 8.85. The smallest absolute Gasteiger partial charge is 0.127 e. The van der Waals surface area contributed by atoms with Crippen molar-refractivity contribution in [1.29, 1.82) is 0 Å². The Balaban J connectivity index is 1.93. The Morgan fingerprint density at radius 3 is 2.89 bits per heavy atom. The second-order valence-electron chi connectivity index (χ2n) is 5.24. The number of benzene rings is 1. The van der Waals surface area contributed by atoms with Crippen molar-refractivity contribution in [3.63, 3.8) is 0 Å². The summed E-state index contributed by atoms with van der Waals surface area (Å²) in [4.78, 5) is 0. The van der Waals surface area contributed by atoms with Gasteiger partial charge in [0, 0.05) is 19.1 Å². The van der Waals surface area contributed by atoms with Gasteiger partial charge >= 0.3 is 0 Å². The number of fused-ring (bicyclic) bond motifs is 1. The van der Waals surface area contributed by atoms with Crippen molar-refractivity contribution in [2.24, 2.45) is 5.92 Å². The molecule has 0 saturated heterocycles. The van der Waals surface area contributed by atoms with Crippen LogP contribution in [-0.2, 0) is 11.2 Å². The fraction of sp³-hybridized carbons (Fsp3) is 0.600. The second kappa shape index (κ2) is 4.90. The van der Waals surface area contributed by atoms with Crippen LogP contribution < -0.4 is 10.1 Å². The number of hydrogen-bond donors (Lipinski definition) is 1. The third-order valence-electron chi connectivity index (χ3n) is 4.08. The number of methoxy groups -OCH3 is 1. The molecule has 3 rings (SSSR count). The summed E-state index contributed by atoms with van der Waals surface area (Å²) >= 11 is 0. The molecule has 0 radical (unpaired) electrons. The van der Waals surface area contributed by atoms with Gasteiger partial charge in [-0.15, -0.1) is 0 Å². The predicted molar refractivity (Wildman–Crippen MR) is 71.0 cm³/mol. The van der Waals surface area contributed by atoms with Crippen LogP contribution >= 0.6 is 0 Å². The van der Waals surface area contributed by atoms with E-state index in [1.807, 2.05) is 14.2 Å². The Morgan fingerprint density at radius 1 is 1.39 bits per heavy atom. The van der Waals surface area contributed by atoms with E-state index in [9.17, 15) is 0 Å². The zero-order valence-corrected chi connectivity index (χ0v) is 11.1. The van der Waals surface area contributed by atoms with E-state index in [2.05, 4.69) is 23.5 Å². The lowest BCUT2D eigenvalue weighted by Gasteiger charge is -2.27. The van der Waals surface area contributed by atoms with Crippen molar-refractivity contribution in [2.45, 2.75) is 31.4 Å². The van der Waals surface area contributed by atoms with Gasteiger partial charge in [-0.2, -0.15) is 0 Å². The average molecular weight is 247 g/mol. The van der Waals surface area contributed by atoms with Crippen molar-refractivity contribution in [1.82, 2.24) is 5.32 Å². The maximum atomic E-state index is 5.81. The van der Waals surface area contributed by atoms with E-state index in [4.69, 9.17) is 9.47 Å². The largest absolute Gasteiger partial charge is 0.493 e. The third kappa shape index (κ3) is 2.02. The third-order valence-corrected chi connectivity index (χ3v) is 4.08. The Bertz CT molecular complexity index is 429. The maximum Gasteiger partial charge on any atom is 0.127 e. The van der Waals surface area contributed by atoms with Gasteiger partial charge < -0.3 is 14.8 Å². The standard InChI is InChI=1S/C15H21NO2/c1-16-13(15(17-2)11-6-7-11)12-5-3-4-10-8-9-18-14(10)12/h3-5,11,13,15-16H,6-9H2,1-2H3. The molecule has 1 fully saturated rings. The number of hydrogen-bond acceptors (Lipinski definition) is 3. The SMILES string of the molecule is CNC(c1cccc2c1OCC2)C(OC)C1CC1. The Labute approximate surface area is 108 Å². The van der Waals surface area contributed by atoms with Crippen molar-refractivity contribution >= 4 is 0 Å². The van der Waals surface area contributed by atoms with E-state index in [0.717, 1.165) is 18.8 Å². The Hall–Kier alpha value is -1.06. The molecule has 1 N–H and O–H groups in total. The lowest BCUT2D eigenvalue weighted by Crippen LogP contribution is -2.32. The Morgan fingerprint density at radius 2 is 2.22 bits per heavy atom. The second-order valence-corrected chi connectivity index (χ2v) is 5.24. The summed E-state index contributed by atoms with van der Waals surface area (Å²) in [6.45, 7) is 0.809. The van der Waals surface area contributed by atoms with E-state index in [1.54, 1.807) is 0 Å². The van der Waals surface area contributed by atoms with Crippen LogP contribution in [0.5, 0.6) is 5.75 Å². The molecule has 2 unspecified atom stereocenters. The number of nitrogens with one attached hydrogen (secondary N) is 1. The van der Waals surface area contributed by atoms with Gasteiger partial charge in [0.25, 0.3) is 0 Å². The highest BCUT2D eigenvalue weighted by Gasteiger charge is 2.38. The summed E-state index contributed by atoms with van der Waals surface area (Å²) in [5.41, 5.74) is 2.59. The summed E-state index contributed by atoms with van der Waals surface area (Å²) in [5.74, 6) is 1.78. The zero-order chi connectivity index (χ0) is 12.5. The number of ether oxygens (including phenoxy) is 2. The summed E-state index contributed by atoms with van der Waals surface area (Å²) in [6.07, 6.45) is 3.85. The summed E-state index contributed by atoms with van der Waals surface area (Å²) < 4.78 is 11.5. The quantitative estimate of drug-likeness (QED) is 0.866. The van der Waals surface area contributed by atoms with Crippen LogP contribution in [0.15, 0.2) is 18.2 Å². The van der Waals surface area contributed by atoms with E-state index >= 15 is 0 Å². The van der Waals surface area contributed by atoms with Crippen LogP contribution in [0, 0.1) is 5.92 Å². The average Bonchev–Trinajstić information content (AvgIpc) is 3.11. The molecule has 0 aromatic heterocycles. The number of para-hydroxylation sites is 1. The number of rotatable bonds is 5. The van der Waals surface area contributed by atoms with Gasteiger partial charge in [-0.1, -0.05) is 18.2 Å². The monoisotopic (exact) mass is 247 g/mol. The van der Waals surface area contributed by atoms with Crippen LogP contribution in [0.4, 0.5) is 0 Å². The molecule has 1 heterocycles. The molecule has 3 heteroatoms. The van der Waals surface area contributed by atoms with Crippen LogP contribution in [0.1, 0.15) is 30.0 Å². The van der Waals surface area contributed by atoms with Crippen molar-refractivity contribution in [3.8, 4) is 5.75 Å². The lowest BCUT2D eigenvalue weighted by molar-refractivity contribution is 0.0523. The minimum Gasteiger partial charge on any atom is -0.493 e. The molecular weight excluding hydrogens is 226 g/mol. The minimum atomic E-state index is 0.232. The summed E-state index contributed by atoms with van der Waals surface area (Å²) in [7, 11) is 3.82. The van der Waals surface area contributed by atoms with Gasteiger partial charge in [0.15, 0.2) is 0 Å². The summed E-state index contributed by atoms with van der Waals surface area (Å²) in [6, 6.07) is 6.69. The molecule has 1 aliphatic carbocycles. The fourth-order valence-corrected chi connectivity index (χ4v) is 3.01. The van der Waals surface area contributed by atoms with Gasteiger partial charge in [0.05, 0.1) is 18.8 Å². The number of likely N-dealkylation sites (N-methyl/N-ethyl adjacent to an activating group) is 1. The first-order valence-electron chi connectivity index (χ1n) is 6.79. The van der Waals surface area contributed by atoms with E-state index in [0.29, 0.717) is 5.92 Å². The van der Waals surface area contributed by atoms with Crippen LogP contribution in [0.2, 0.25) is 0 Å². The predicted octanol–water partition coefficient (Wildman–Crippen LogP) is 2.31. The molecular formula is C15H21NO2. The van der Waals surface area contributed by atoms with Crippen LogP contribution in [0.3, 0.4) is 0 Å². The van der Waals surface area contributed by atoms with Crippen molar-refractivity contribution < 1.29 is 9.47 Å². The maximum absolute atomic E-state index is 5.81. The molecule has 0 spiro atoms. The van der Waals surface area contributed by atoms with E-state index in [-0.39, 0.29) is 12.1 Å². The topological polar surface area (TPSA) is 30.5 Å². The highest BCUT2D eigenvalue weighted by molar-refractivity contribution is 5.46. The molecule has 98 valence electrons. The van der Waals surface area contributed by atoms with Gasteiger partial charge in [0.1, 0.15) is 5.75 Å². The first-order valence-corrected chi connectivity index (χ1v) is 6.79. The first kappa shape index (κ1) is 12.0. The molecule has 0 amide bonds.